The van der Waals surface area contributed by atoms with Crippen LogP contribution < -0.4 is 11.1 Å². The maximum atomic E-state index is 11.8. The van der Waals surface area contributed by atoms with Gasteiger partial charge in [0.25, 0.3) is 11.6 Å². The van der Waals surface area contributed by atoms with E-state index in [1.54, 1.807) is 6.07 Å². The van der Waals surface area contributed by atoms with E-state index in [0.717, 1.165) is 0 Å². The normalized spacial score (nSPS) is 12.2. The SMILES string of the molecule is CC(C)C(N)CNC(=O)c1ccccc1[N+](=O)[O-]. The predicted octanol–water partition coefficient (Wildman–Crippen LogP) is 1.31. The molecule has 0 heterocycles. The zero-order valence-electron chi connectivity index (χ0n) is 10.4. The predicted molar refractivity (Wildman–Crippen MR) is 68.2 cm³/mol. The van der Waals surface area contributed by atoms with Crippen LogP contribution in [0.1, 0.15) is 24.2 Å². The van der Waals surface area contributed by atoms with Crippen molar-refractivity contribution in [1.29, 1.82) is 0 Å². The van der Waals surface area contributed by atoms with E-state index >= 15 is 0 Å². The molecule has 1 rings (SSSR count). The fourth-order valence-electron chi connectivity index (χ4n) is 1.37. The second kappa shape index (κ2) is 6.11. The molecule has 1 aromatic carbocycles. The minimum Gasteiger partial charge on any atom is -0.350 e. The quantitative estimate of drug-likeness (QED) is 0.608. The highest BCUT2D eigenvalue weighted by Crippen LogP contribution is 2.17. The lowest BCUT2D eigenvalue weighted by Crippen LogP contribution is -2.40. The number of nitrogens with one attached hydrogen (secondary N) is 1. The molecule has 0 aliphatic rings. The molecule has 0 fully saturated rings. The fourth-order valence-corrected chi connectivity index (χ4v) is 1.37. The average molecular weight is 251 g/mol. The van der Waals surface area contributed by atoms with Crippen molar-refractivity contribution < 1.29 is 9.72 Å². The van der Waals surface area contributed by atoms with E-state index in [4.69, 9.17) is 5.73 Å². The third-order valence-corrected chi connectivity index (χ3v) is 2.70. The Morgan fingerprint density at radius 3 is 2.61 bits per heavy atom. The second-order valence-electron chi connectivity index (χ2n) is 4.39. The second-order valence-corrected chi connectivity index (χ2v) is 4.39. The lowest BCUT2D eigenvalue weighted by atomic mass is 10.1. The largest absolute Gasteiger partial charge is 0.350 e. The van der Waals surface area contributed by atoms with E-state index in [9.17, 15) is 14.9 Å². The van der Waals surface area contributed by atoms with Crippen LogP contribution in [0.2, 0.25) is 0 Å². The van der Waals surface area contributed by atoms with Crippen LogP contribution in [0.3, 0.4) is 0 Å². The van der Waals surface area contributed by atoms with Gasteiger partial charge in [-0.15, -0.1) is 0 Å². The molecule has 1 unspecified atom stereocenters. The zero-order chi connectivity index (χ0) is 13.7. The number of nitrogens with zero attached hydrogens (tertiary/aromatic N) is 1. The Bertz CT molecular complexity index is 446. The van der Waals surface area contributed by atoms with Crippen LogP contribution in [0, 0.1) is 16.0 Å². The van der Waals surface area contributed by atoms with E-state index in [2.05, 4.69) is 5.32 Å². The van der Waals surface area contributed by atoms with E-state index in [-0.39, 0.29) is 23.2 Å². The molecule has 0 spiro atoms. The molecule has 0 aliphatic carbocycles. The maximum Gasteiger partial charge on any atom is 0.282 e. The van der Waals surface area contributed by atoms with Crippen molar-refractivity contribution in [3.8, 4) is 0 Å². The molecule has 0 aromatic heterocycles. The Hall–Kier alpha value is -1.95. The van der Waals surface area contributed by atoms with Crippen LogP contribution in [0.25, 0.3) is 0 Å². The number of amides is 1. The van der Waals surface area contributed by atoms with Gasteiger partial charge in [0.05, 0.1) is 4.92 Å². The van der Waals surface area contributed by atoms with E-state index < -0.39 is 10.8 Å². The highest BCUT2D eigenvalue weighted by molar-refractivity contribution is 5.98. The number of para-hydroxylation sites is 1. The number of nitro benzene ring substituents is 1. The molecule has 0 aliphatic heterocycles. The van der Waals surface area contributed by atoms with Crippen LogP contribution in [-0.4, -0.2) is 23.4 Å². The molecule has 6 heteroatoms. The van der Waals surface area contributed by atoms with Crippen molar-refractivity contribution >= 4 is 11.6 Å². The third-order valence-electron chi connectivity index (χ3n) is 2.70. The highest BCUT2D eigenvalue weighted by Gasteiger charge is 2.19. The van der Waals surface area contributed by atoms with Crippen LogP contribution in [0.15, 0.2) is 24.3 Å². The molecule has 1 amide bonds. The first-order valence-corrected chi connectivity index (χ1v) is 5.70. The first-order valence-electron chi connectivity index (χ1n) is 5.70. The number of carbonyl (C=O) groups is 1. The van der Waals surface area contributed by atoms with Gasteiger partial charge in [0.15, 0.2) is 0 Å². The Morgan fingerprint density at radius 2 is 2.06 bits per heavy atom. The zero-order valence-corrected chi connectivity index (χ0v) is 10.4. The molecule has 6 nitrogen and oxygen atoms in total. The number of nitro groups is 1. The smallest absolute Gasteiger partial charge is 0.282 e. The van der Waals surface area contributed by atoms with Gasteiger partial charge < -0.3 is 11.1 Å². The van der Waals surface area contributed by atoms with Crippen LogP contribution in [0.5, 0.6) is 0 Å². The van der Waals surface area contributed by atoms with Gasteiger partial charge in [0.2, 0.25) is 0 Å². The molecule has 0 saturated heterocycles. The van der Waals surface area contributed by atoms with E-state index in [1.165, 1.54) is 18.2 Å². The molecule has 98 valence electrons. The number of benzene rings is 1. The summed E-state index contributed by atoms with van der Waals surface area (Å²) in [6.45, 7) is 4.19. The number of nitrogens with two attached hydrogens (primary N) is 1. The van der Waals surface area contributed by atoms with Crippen molar-refractivity contribution in [2.45, 2.75) is 19.9 Å². The van der Waals surface area contributed by atoms with Gasteiger partial charge in [0.1, 0.15) is 5.56 Å². The van der Waals surface area contributed by atoms with Crippen molar-refractivity contribution in [3.05, 3.63) is 39.9 Å². The minimum absolute atomic E-state index is 0.0541. The first kappa shape index (κ1) is 14.1. The average Bonchev–Trinajstić information content (AvgIpc) is 2.35. The molecular weight excluding hydrogens is 234 g/mol. The van der Waals surface area contributed by atoms with Gasteiger partial charge in [-0.3, -0.25) is 14.9 Å². The lowest BCUT2D eigenvalue weighted by Gasteiger charge is -2.16. The maximum absolute atomic E-state index is 11.8. The summed E-state index contributed by atoms with van der Waals surface area (Å²) in [6, 6.07) is 5.67. The van der Waals surface area contributed by atoms with Gasteiger partial charge in [-0.05, 0) is 12.0 Å². The summed E-state index contributed by atoms with van der Waals surface area (Å²) in [5.41, 5.74) is 5.65. The van der Waals surface area contributed by atoms with Gasteiger partial charge in [-0.25, -0.2) is 0 Å². The number of rotatable bonds is 5. The van der Waals surface area contributed by atoms with Crippen molar-refractivity contribution in [3.63, 3.8) is 0 Å². The number of carbonyl (C=O) groups excluding carboxylic acids is 1. The first-order chi connectivity index (χ1) is 8.43. The van der Waals surface area contributed by atoms with Crippen molar-refractivity contribution in [1.82, 2.24) is 5.32 Å². The summed E-state index contributed by atoms with van der Waals surface area (Å²) in [6.07, 6.45) is 0. The van der Waals surface area contributed by atoms with Crippen molar-refractivity contribution in [2.24, 2.45) is 11.7 Å². The summed E-state index contributed by atoms with van der Waals surface area (Å²) in [4.78, 5) is 22.0. The molecule has 0 bridgehead atoms. The Kier molecular flexibility index (Phi) is 4.79. The summed E-state index contributed by atoms with van der Waals surface area (Å²) >= 11 is 0. The standard InChI is InChI=1S/C12H17N3O3/c1-8(2)10(13)7-14-12(16)9-5-3-4-6-11(9)15(17)18/h3-6,8,10H,7,13H2,1-2H3,(H,14,16). The molecule has 18 heavy (non-hydrogen) atoms. The molecule has 1 aromatic rings. The van der Waals surface area contributed by atoms with Crippen LogP contribution in [-0.2, 0) is 0 Å². The van der Waals surface area contributed by atoms with Crippen LogP contribution >= 0.6 is 0 Å². The third kappa shape index (κ3) is 3.53. The van der Waals surface area contributed by atoms with Crippen molar-refractivity contribution in [2.75, 3.05) is 6.54 Å². The Balaban J connectivity index is 2.76. The summed E-state index contributed by atoms with van der Waals surface area (Å²) in [5.74, 6) is -0.241. The minimum atomic E-state index is -0.572. The van der Waals surface area contributed by atoms with Gasteiger partial charge in [-0.1, -0.05) is 26.0 Å². The molecule has 3 N–H and O–H groups in total. The summed E-state index contributed by atoms with van der Waals surface area (Å²) in [5, 5.41) is 13.4. The topological polar surface area (TPSA) is 98.3 Å². The lowest BCUT2D eigenvalue weighted by molar-refractivity contribution is -0.385. The summed E-state index contributed by atoms with van der Waals surface area (Å²) in [7, 11) is 0. The monoisotopic (exact) mass is 251 g/mol. The van der Waals surface area contributed by atoms with E-state index in [1.807, 2.05) is 13.8 Å². The fraction of sp³-hybridized carbons (Fsp3) is 0.417. The molecule has 0 saturated carbocycles. The van der Waals surface area contributed by atoms with Gasteiger partial charge in [-0.2, -0.15) is 0 Å². The summed E-state index contributed by atoms with van der Waals surface area (Å²) < 4.78 is 0. The van der Waals surface area contributed by atoms with Crippen LogP contribution in [0.4, 0.5) is 5.69 Å². The number of hydrogen-bond donors (Lipinski definition) is 2. The Morgan fingerprint density at radius 1 is 1.44 bits per heavy atom. The number of hydrogen-bond acceptors (Lipinski definition) is 4. The highest BCUT2D eigenvalue weighted by atomic mass is 16.6. The Labute approximate surface area is 105 Å². The van der Waals surface area contributed by atoms with Gasteiger partial charge in [0, 0.05) is 18.7 Å². The van der Waals surface area contributed by atoms with E-state index in [0.29, 0.717) is 6.54 Å². The molecule has 0 radical (unpaired) electrons. The van der Waals surface area contributed by atoms with Gasteiger partial charge >= 0.3 is 0 Å². The molecular formula is C12H17N3O3. The molecule has 1 atom stereocenters.